The summed E-state index contributed by atoms with van der Waals surface area (Å²) in [5.41, 5.74) is 1.83. The highest BCUT2D eigenvalue weighted by molar-refractivity contribution is 5.74. The molecule has 1 aliphatic rings. The Hall–Kier alpha value is -1.55. The van der Waals surface area contributed by atoms with Crippen LogP contribution < -0.4 is 4.90 Å². The lowest BCUT2D eigenvalue weighted by atomic mass is 9.82. The summed E-state index contributed by atoms with van der Waals surface area (Å²) >= 11 is 0. The Bertz CT molecular complexity index is 470. The summed E-state index contributed by atoms with van der Waals surface area (Å²) in [6.45, 7) is 4.31. The van der Waals surface area contributed by atoms with Gasteiger partial charge in [-0.15, -0.1) is 0 Å². The highest BCUT2D eigenvalue weighted by Gasteiger charge is 2.37. The Morgan fingerprint density at radius 3 is 2.55 bits per heavy atom. The number of hydrogen-bond donors (Lipinski definition) is 1. The van der Waals surface area contributed by atoms with Crippen molar-refractivity contribution in [3.05, 3.63) is 29.8 Å². The zero-order chi connectivity index (χ0) is 14.8. The van der Waals surface area contributed by atoms with Gasteiger partial charge in [-0.2, -0.15) is 0 Å². The SMILES string of the molecule is CN(C)c1ccc(CN2CCCC(C)(C(=O)O)C2)cc1. The molecule has 0 radical (unpaired) electrons. The summed E-state index contributed by atoms with van der Waals surface area (Å²) in [5, 5.41) is 9.35. The lowest BCUT2D eigenvalue weighted by molar-refractivity contribution is -0.151. The van der Waals surface area contributed by atoms with E-state index in [2.05, 4.69) is 34.1 Å². The Morgan fingerprint density at radius 1 is 1.35 bits per heavy atom. The molecule has 1 fully saturated rings. The molecule has 2 rings (SSSR count). The number of likely N-dealkylation sites (tertiary alicyclic amines) is 1. The van der Waals surface area contributed by atoms with Gasteiger partial charge in [-0.1, -0.05) is 12.1 Å². The molecule has 1 aromatic rings. The van der Waals surface area contributed by atoms with Crippen molar-refractivity contribution in [2.75, 3.05) is 32.1 Å². The molecular formula is C16H24N2O2. The Kier molecular flexibility index (Phi) is 4.33. The Morgan fingerprint density at radius 2 is 2.00 bits per heavy atom. The Labute approximate surface area is 121 Å². The molecule has 110 valence electrons. The fraction of sp³-hybridized carbons (Fsp3) is 0.562. The number of carboxylic acid groups (broad SMARTS) is 1. The summed E-state index contributed by atoms with van der Waals surface area (Å²) in [6.07, 6.45) is 1.73. The van der Waals surface area contributed by atoms with Crippen molar-refractivity contribution in [3.8, 4) is 0 Å². The van der Waals surface area contributed by atoms with Crippen LogP contribution in [0.2, 0.25) is 0 Å². The predicted molar refractivity (Wildman–Crippen MR) is 81.0 cm³/mol. The molecule has 1 N–H and O–H groups in total. The van der Waals surface area contributed by atoms with Crippen molar-refractivity contribution >= 4 is 11.7 Å². The number of benzene rings is 1. The summed E-state index contributed by atoms with van der Waals surface area (Å²) in [7, 11) is 4.05. The number of hydrogen-bond acceptors (Lipinski definition) is 3. The van der Waals surface area contributed by atoms with Crippen LogP contribution in [-0.2, 0) is 11.3 Å². The maximum absolute atomic E-state index is 11.4. The minimum Gasteiger partial charge on any atom is -0.481 e. The average Bonchev–Trinajstić information content (AvgIpc) is 2.39. The predicted octanol–water partition coefficient (Wildman–Crippen LogP) is 2.44. The van der Waals surface area contributed by atoms with Crippen LogP contribution >= 0.6 is 0 Å². The third kappa shape index (κ3) is 3.31. The van der Waals surface area contributed by atoms with Gasteiger partial charge in [0.15, 0.2) is 0 Å². The zero-order valence-corrected chi connectivity index (χ0v) is 12.6. The van der Waals surface area contributed by atoms with E-state index in [1.165, 1.54) is 11.3 Å². The molecule has 0 aromatic heterocycles. The van der Waals surface area contributed by atoms with Crippen LogP contribution in [0.4, 0.5) is 5.69 Å². The number of nitrogens with zero attached hydrogens (tertiary/aromatic N) is 2. The first-order chi connectivity index (χ1) is 9.40. The molecule has 0 amide bonds. The first-order valence-electron chi connectivity index (χ1n) is 7.13. The monoisotopic (exact) mass is 276 g/mol. The van der Waals surface area contributed by atoms with E-state index >= 15 is 0 Å². The van der Waals surface area contributed by atoms with E-state index in [4.69, 9.17) is 0 Å². The van der Waals surface area contributed by atoms with Gasteiger partial charge in [-0.3, -0.25) is 9.69 Å². The quantitative estimate of drug-likeness (QED) is 0.917. The lowest BCUT2D eigenvalue weighted by Gasteiger charge is -2.37. The first kappa shape index (κ1) is 14.9. The van der Waals surface area contributed by atoms with Crippen molar-refractivity contribution in [1.29, 1.82) is 0 Å². The van der Waals surface area contributed by atoms with Gasteiger partial charge < -0.3 is 10.0 Å². The molecule has 1 atom stereocenters. The van der Waals surface area contributed by atoms with E-state index in [1.54, 1.807) is 0 Å². The number of anilines is 1. The van der Waals surface area contributed by atoms with Crippen LogP contribution in [0.25, 0.3) is 0 Å². The number of piperidine rings is 1. The molecule has 1 aromatic carbocycles. The summed E-state index contributed by atoms with van der Waals surface area (Å²) in [6, 6.07) is 8.47. The van der Waals surface area contributed by atoms with Gasteiger partial charge in [0.05, 0.1) is 5.41 Å². The average molecular weight is 276 g/mol. The summed E-state index contributed by atoms with van der Waals surface area (Å²) in [4.78, 5) is 15.7. The van der Waals surface area contributed by atoms with Crippen molar-refractivity contribution < 1.29 is 9.90 Å². The summed E-state index contributed by atoms with van der Waals surface area (Å²) in [5.74, 6) is -0.676. The van der Waals surface area contributed by atoms with Crippen molar-refractivity contribution in [3.63, 3.8) is 0 Å². The number of carboxylic acids is 1. The van der Waals surface area contributed by atoms with Crippen LogP contribution in [0.1, 0.15) is 25.3 Å². The topological polar surface area (TPSA) is 43.8 Å². The maximum atomic E-state index is 11.4. The second-order valence-electron chi connectivity index (χ2n) is 6.24. The minimum atomic E-state index is -0.676. The smallest absolute Gasteiger partial charge is 0.310 e. The van der Waals surface area contributed by atoms with E-state index < -0.39 is 11.4 Å². The fourth-order valence-corrected chi connectivity index (χ4v) is 2.81. The number of aliphatic carboxylic acids is 1. The molecule has 0 spiro atoms. The van der Waals surface area contributed by atoms with Gasteiger partial charge in [0, 0.05) is 32.9 Å². The van der Waals surface area contributed by atoms with Gasteiger partial charge >= 0.3 is 5.97 Å². The van der Waals surface area contributed by atoms with Gasteiger partial charge in [0.2, 0.25) is 0 Å². The Balaban J connectivity index is 2.01. The molecule has 1 heterocycles. The normalized spacial score (nSPS) is 23.6. The van der Waals surface area contributed by atoms with E-state index in [0.717, 1.165) is 25.9 Å². The second kappa shape index (κ2) is 5.83. The van der Waals surface area contributed by atoms with E-state index in [1.807, 2.05) is 21.0 Å². The highest BCUT2D eigenvalue weighted by atomic mass is 16.4. The molecule has 1 unspecified atom stereocenters. The van der Waals surface area contributed by atoms with Crippen molar-refractivity contribution in [2.45, 2.75) is 26.3 Å². The van der Waals surface area contributed by atoms with Crippen LogP contribution in [0, 0.1) is 5.41 Å². The number of rotatable bonds is 4. The van der Waals surface area contributed by atoms with Crippen LogP contribution in [0.5, 0.6) is 0 Å². The van der Waals surface area contributed by atoms with Crippen LogP contribution in [0.15, 0.2) is 24.3 Å². The highest BCUT2D eigenvalue weighted by Crippen LogP contribution is 2.30. The van der Waals surface area contributed by atoms with Gasteiger partial charge in [-0.25, -0.2) is 0 Å². The number of carbonyl (C=O) groups is 1. The molecule has 4 heteroatoms. The van der Waals surface area contributed by atoms with Crippen LogP contribution in [-0.4, -0.2) is 43.2 Å². The van der Waals surface area contributed by atoms with E-state index in [0.29, 0.717) is 6.54 Å². The van der Waals surface area contributed by atoms with E-state index in [9.17, 15) is 9.90 Å². The fourth-order valence-electron chi connectivity index (χ4n) is 2.81. The lowest BCUT2D eigenvalue weighted by Crippen LogP contribution is -2.45. The zero-order valence-electron chi connectivity index (χ0n) is 12.6. The van der Waals surface area contributed by atoms with Gasteiger partial charge in [0.25, 0.3) is 0 Å². The van der Waals surface area contributed by atoms with Crippen LogP contribution in [0.3, 0.4) is 0 Å². The third-order valence-electron chi connectivity index (χ3n) is 4.15. The van der Waals surface area contributed by atoms with Crippen molar-refractivity contribution in [1.82, 2.24) is 4.90 Å². The minimum absolute atomic E-state index is 0.595. The van der Waals surface area contributed by atoms with Crippen molar-refractivity contribution in [2.24, 2.45) is 5.41 Å². The molecule has 0 aliphatic carbocycles. The van der Waals surface area contributed by atoms with E-state index in [-0.39, 0.29) is 0 Å². The third-order valence-corrected chi connectivity index (χ3v) is 4.15. The molecule has 1 saturated heterocycles. The van der Waals surface area contributed by atoms with Gasteiger partial charge in [-0.05, 0) is 44.0 Å². The molecule has 1 aliphatic heterocycles. The summed E-state index contributed by atoms with van der Waals surface area (Å²) < 4.78 is 0. The first-order valence-corrected chi connectivity index (χ1v) is 7.13. The molecule has 0 saturated carbocycles. The molecule has 0 bridgehead atoms. The maximum Gasteiger partial charge on any atom is 0.310 e. The second-order valence-corrected chi connectivity index (χ2v) is 6.24. The largest absolute Gasteiger partial charge is 0.481 e. The van der Waals surface area contributed by atoms with Gasteiger partial charge in [0.1, 0.15) is 0 Å². The molecule has 4 nitrogen and oxygen atoms in total. The molecule has 20 heavy (non-hydrogen) atoms. The molecular weight excluding hydrogens is 252 g/mol. The standard InChI is InChI=1S/C16H24N2O2/c1-16(15(19)20)9-4-10-18(12-16)11-13-5-7-14(8-6-13)17(2)3/h5-8H,4,9-12H2,1-3H3,(H,19,20).